The normalized spacial score (nSPS) is 7.17. The summed E-state index contributed by atoms with van der Waals surface area (Å²) in [6.45, 7) is -0.250. The SMILES string of the molecule is Clc1ccc(Cl)nc1.O=CO.[H-].[Na+]. The molecule has 0 bridgehead atoms. The minimum Gasteiger partial charge on any atom is -1.00 e. The van der Waals surface area contributed by atoms with Crippen LogP contribution in [0.2, 0.25) is 10.2 Å². The quantitative estimate of drug-likeness (QED) is 0.352. The first-order valence-corrected chi connectivity index (χ1v) is 3.31. The minimum atomic E-state index is -0.250. The van der Waals surface area contributed by atoms with E-state index in [-0.39, 0.29) is 37.5 Å². The molecule has 1 aromatic heterocycles. The zero-order chi connectivity index (χ0) is 8.69. The van der Waals surface area contributed by atoms with Crippen molar-refractivity contribution in [2.45, 2.75) is 0 Å². The van der Waals surface area contributed by atoms with Crippen LogP contribution in [0.25, 0.3) is 0 Å². The molecule has 1 N–H and O–H groups in total. The van der Waals surface area contributed by atoms with Gasteiger partial charge in [-0.05, 0) is 12.1 Å². The van der Waals surface area contributed by atoms with Crippen molar-refractivity contribution in [3.63, 3.8) is 0 Å². The van der Waals surface area contributed by atoms with Crippen LogP contribution in [-0.2, 0) is 4.79 Å². The predicted octanol–water partition coefficient (Wildman–Crippen LogP) is -0.794. The van der Waals surface area contributed by atoms with Crippen molar-refractivity contribution in [1.29, 1.82) is 0 Å². The maximum Gasteiger partial charge on any atom is 1.00 e. The zero-order valence-corrected chi connectivity index (χ0v) is 9.88. The topological polar surface area (TPSA) is 50.2 Å². The summed E-state index contributed by atoms with van der Waals surface area (Å²) in [5.74, 6) is 0. The number of pyridine rings is 1. The summed E-state index contributed by atoms with van der Waals surface area (Å²) in [5, 5.41) is 7.96. The van der Waals surface area contributed by atoms with E-state index in [1.165, 1.54) is 6.20 Å². The maximum atomic E-state index is 8.36. The van der Waals surface area contributed by atoms with Gasteiger partial charge < -0.3 is 6.53 Å². The molecule has 0 atom stereocenters. The summed E-state index contributed by atoms with van der Waals surface area (Å²) in [4.78, 5) is 12.1. The number of carboxylic acid groups (broad SMARTS) is 1. The summed E-state index contributed by atoms with van der Waals surface area (Å²) in [7, 11) is 0. The van der Waals surface area contributed by atoms with Gasteiger partial charge in [0.2, 0.25) is 0 Å². The Kier molecular flexibility index (Phi) is 11.4. The molecule has 3 nitrogen and oxygen atoms in total. The van der Waals surface area contributed by atoms with Crippen molar-refractivity contribution in [2.24, 2.45) is 0 Å². The number of hydrogen-bond acceptors (Lipinski definition) is 2. The third-order valence-electron chi connectivity index (χ3n) is 0.691. The van der Waals surface area contributed by atoms with Gasteiger partial charge in [0, 0.05) is 6.20 Å². The second-order valence-corrected chi connectivity index (χ2v) is 2.23. The number of halogens is 2. The van der Waals surface area contributed by atoms with E-state index in [4.69, 9.17) is 33.1 Å². The van der Waals surface area contributed by atoms with Crippen molar-refractivity contribution in [3.8, 4) is 0 Å². The fourth-order valence-electron chi connectivity index (χ4n) is 0.358. The molecule has 0 aliphatic carbocycles. The van der Waals surface area contributed by atoms with Crippen molar-refractivity contribution in [2.75, 3.05) is 0 Å². The van der Waals surface area contributed by atoms with Gasteiger partial charge in [0.25, 0.3) is 6.47 Å². The summed E-state index contributed by atoms with van der Waals surface area (Å²) in [6.07, 6.45) is 1.50. The van der Waals surface area contributed by atoms with Crippen LogP contribution < -0.4 is 29.6 Å². The standard InChI is InChI=1S/C5H3Cl2N.CH2O2.Na.H/c6-4-1-2-5(7)8-3-4;2-1-3;;/h1-3H;1H,(H,2,3);;/q;;+1;-1. The van der Waals surface area contributed by atoms with E-state index in [2.05, 4.69) is 4.98 Å². The molecular weight excluding hydrogens is 212 g/mol. The zero-order valence-electron chi connectivity index (χ0n) is 7.37. The average Bonchev–Trinajstić information content (AvgIpc) is 1.97. The van der Waals surface area contributed by atoms with E-state index in [1.54, 1.807) is 12.1 Å². The van der Waals surface area contributed by atoms with Crippen molar-refractivity contribution in [1.82, 2.24) is 4.98 Å². The van der Waals surface area contributed by atoms with E-state index in [9.17, 15) is 0 Å². The van der Waals surface area contributed by atoms with Crippen LogP contribution in [0.3, 0.4) is 0 Å². The van der Waals surface area contributed by atoms with Gasteiger partial charge in [-0.25, -0.2) is 4.98 Å². The van der Waals surface area contributed by atoms with Crippen molar-refractivity contribution in [3.05, 3.63) is 28.5 Å². The summed E-state index contributed by atoms with van der Waals surface area (Å²) in [6, 6.07) is 3.33. The number of nitrogens with zero attached hydrogens (tertiary/aromatic N) is 1. The molecule has 1 heterocycles. The molecular formula is C6H6Cl2NNaO2. The molecule has 1 aromatic rings. The van der Waals surface area contributed by atoms with E-state index >= 15 is 0 Å². The van der Waals surface area contributed by atoms with Crippen LogP contribution in [0.15, 0.2) is 18.3 Å². The van der Waals surface area contributed by atoms with Crippen LogP contribution in [-0.4, -0.2) is 16.6 Å². The van der Waals surface area contributed by atoms with Gasteiger partial charge in [-0.1, -0.05) is 23.2 Å². The fraction of sp³-hybridized carbons (Fsp3) is 0. The van der Waals surface area contributed by atoms with E-state index < -0.39 is 0 Å². The molecule has 6 heteroatoms. The first kappa shape index (κ1) is 14.7. The van der Waals surface area contributed by atoms with Crippen LogP contribution >= 0.6 is 23.2 Å². The van der Waals surface area contributed by atoms with Crippen LogP contribution in [0, 0.1) is 0 Å². The van der Waals surface area contributed by atoms with Crippen LogP contribution in [0.1, 0.15) is 1.43 Å². The van der Waals surface area contributed by atoms with E-state index in [0.717, 1.165) is 0 Å². The molecule has 0 radical (unpaired) electrons. The van der Waals surface area contributed by atoms with Gasteiger partial charge in [-0.3, -0.25) is 4.79 Å². The molecule has 1 rings (SSSR count). The van der Waals surface area contributed by atoms with E-state index in [0.29, 0.717) is 10.2 Å². The summed E-state index contributed by atoms with van der Waals surface area (Å²) < 4.78 is 0. The molecule has 0 saturated heterocycles. The number of rotatable bonds is 0. The Bertz CT molecular complexity index is 201. The molecule has 0 amide bonds. The third kappa shape index (κ3) is 8.30. The van der Waals surface area contributed by atoms with E-state index in [1.807, 2.05) is 0 Å². The number of carbonyl (C=O) groups is 1. The monoisotopic (exact) mass is 217 g/mol. The molecule has 0 fully saturated rings. The number of hydrogen-bond donors (Lipinski definition) is 1. The van der Waals surface area contributed by atoms with Gasteiger partial charge in [-0.15, -0.1) is 0 Å². The predicted molar refractivity (Wildman–Crippen MR) is 44.1 cm³/mol. The molecule has 0 aromatic carbocycles. The Morgan fingerprint density at radius 2 is 2.00 bits per heavy atom. The average molecular weight is 218 g/mol. The largest absolute Gasteiger partial charge is 1.00 e. The summed E-state index contributed by atoms with van der Waals surface area (Å²) in [5.41, 5.74) is 0. The Balaban J connectivity index is -0.000000180. The summed E-state index contributed by atoms with van der Waals surface area (Å²) >= 11 is 10.9. The molecule has 0 saturated carbocycles. The molecule has 12 heavy (non-hydrogen) atoms. The van der Waals surface area contributed by atoms with Crippen molar-refractivity contribution >= 4 is 29.7 Å². The minimum absolute atomic E-state index is 0. The van der Waals surface area contributed by atoms with Gasteiger partial charge >= 0.3 is 29.6 Å². The van der Waals surface area contributed by atoms with Gasteiger partial charge in [-0.2, -0.15) is 0 Å². The van der Waals surface area contributed by atoms with Crippen molar-refractivity contribution < 1.29 is 40.9 Å². The molecule has 0 aliphatic rings. The Morgan fingerprint density at radius 3 is 2.25 bits per heavy atom. The molecule has 0 spiro atoms. The van der Waals surface area contributed by atoms with Gasteiger partial charge in [0.1, 0.15) is 5.15 Å². The fourth-order valence-corrected chi connectivity index (χ4v) is 0.581. The Hall–Kier alpha value is 0.200. The maximum absolute atomic E-state index is 8.36. The second-order valence-electron chi connectivity index (χ2n) is 1.40. The molecule has 0 unspecified atom stereocenters. The Labute approximate surface area is 103 Å². The first-order valence-electron chi connectivity index (χ1n) is 2.55. The second kappa shape index (κ2) is 9.29. The number of aromatic nitrogens is 1. The third-order valence-corrected chi connectivity index (χ3v) is 1.14. The molecule has 0 aliphatic heterocycles. The van der Waals surface area contributed by atoms with Gasteiger partial charge in [0.15, 0.2) is 0 Å². The van der Waals surface area contributed by atoms with Crippen LogP contribution in [0.5, 0.6) is 0 Å². The smallest absolute Gasteiger partial charge is 1.00 e. The van der Waals surface area contributed by atoms with Gasteiger partial charge in [0.05, 0.1) is 5.02 Å². The van der Waals surface area contributed by atoms with Crippen LogP contribution in [0.4, 0.5) is 0 Å². The molecule has 62 valence electrons. The first-order chi connectivity index (χ1) is 5.20. The Morgan fingerprint density at radius 1 is 1.50 bits per heavy atom.